The molecule has 4 nitrogen and oxygen atoms in total. The number of nitrogens with zero attached hydrogens (tertiary/aromatic N) is 3. The molecule has 11 aromatic rings. The van der Waals surface area contributed by atoms with Crippen molar-refractivity contribution in [3.8, 4) is 39.4 Å². The molecule has 0 N–H and O–H groups in total. The van der Waals surface area contributed by atoms with E-state index in [9.17, 15) is 0 Å². The van der Waals surface area contributed by atoms with Crippen LogP contribution in [0.3, 0.4) is 0 Å². The monoisotopic (exact) mass is 1120 g/mol. The van der Waals surface area contributed by atoms with Gasteiger partial charge in [-0.3, -0.25) is 0 Å². The molecule has 0 unspecified atom stereocenters. The van der Waals surface area contributed by atoms with Gasteiger partial charge >= 0.3 is 0 Å². The molecule has 0 fully saturated rings. The van der Waals surface area contributed by atoms with Gasteiger partial charge in [-0.15, -0.1) is 0 Å². The lowest BCUT2D eigenvalue weighted by molar-refractivity contribution is 0.487. The van der Waals surface area contributed by atoms with Gasteiger partial charge in [0.25, 0.3) is 13.4 Å². The van der Waals surface area contributed by atoms with E-state index in [1.165, 1.54) is 116 Å². The molecule has 0 atom stereocenters. The smallest absolute Gasteiger partial charge is 0.256 e. The van der Waals surface area contributed by atoms with E-state index in [1.807, 2.05) is 0 Å². The summed E-state index contributed by atoms with van der Waals surface area (Å²) in [5, 5.41) is 2.60. The Morgan fingerprint density at radius 1 is 0.302 bits per heavy atom. The molecule has 5 heterocycles. The second kappa shape index (κ2) is 18.5. The Balaban J connectivity index is 1.07. The van der Waals surface area contributed by atoms with Crippen molar-refractivity contribution in [1.29, 1.82) is 0 Å². The minimum atomic E-state index is -0.134. The first-order valence-corrected chi connectivity index (χ1v) is 31.2. The zero-order valence-corrected chi connectivity index (χ0v) is 52.9. The van der Waals surface area contributed by atoms with Crippen LogP contribution < -0.4 is 47.3 Å². The summed E-state index contributed by atoms with van der Waals surface area (Å²) >= 11 is 0. The van der Waals surface area contributed by atoms with Gasteiger partial charge in [-0.25, -0.2) is 0 Å². The molecule has 86 heavy (non-hydrogen) atoms. The number of hydrogen-bond donors (Lipinski definition) is 0. The van der Waals surface area contributed by atoms with E-state index in [0.29, 0.717) is 0 Å². The molecule has 10 aromatic carbocycles. The van der Waals surface area contributed by atoms with Crippen LogP contribution in [0.2, 0.25) is 0 Å². The van der Waals surface area contributed by atoms with Crippen molar-refractivity contribution in [2.75, 3.05) is 9.80 Å². The fraction of sp³-hybridized carbons (Fsp3) is 0.250. The molecule has 424 valence electrons. The van der Waals surface area contributed by atoms with E-state index < -0.39 is 0 Å². The fourth-order valence-corrected chi connectivity index (χ4v) is 14.5. The number of fused-ring (bicyclic) bond motifs is 11. The summed E-state index contributed by atoms with van der Waals surface area (Å²) in [5.74, 6) is 1.80. The highest BCUT2D eigenvalue weighted by Gasteiger charge is 2.48. The van der Waals surface area contributed by atoms with Crippen molar-refractivity contribution < 1.29 is 4.74 Å². The zero-order valence-electron chi connectivity index (χ0n) is 52.9. The van der Waals surface area contributed by atoms with Gasteiger partial charge in [0.2, 0.25) is 0 Å². The second-order valence-corrected chi connectivity index (χ2v) is 30.3. The molecular formula is C80H77B2N3O. The normalized spacial score (nSPS) is 14.2. The second-order valence-electron chi connectivity index (χ2n) is 30.3. The Hall–Kier alpha value is -8.47. The van der Waals surface area contributed by atoms with Gasteiger partial charge in [-0.2, -0.15) is 0 Å². The third kappa shape index (κ3) is 8.40. The van der Waals surface area contributed by atoms with Crippen LogP contribution in [-0.2, 0) is 27.1 Å². The summed E-state index contributed by atoms with van der Waals surface area (Å²) in [5.41, 5.74) is 29.3. The van der Waals surface area contributed by atoms with Gasteiger partial charge in [0, 0.05) is 62.2 Å². The maximum atomic E-state index is 7.74. The van der Waals surface area contributed by atoms with Crippen LogP contribution in [0.15, 0.2) is 194 Å². The standard InChI is InChI=1S/C80H77B2N3O/c1-76(2,3)52-26-32-57(33-27-52)83-66-37-31-55(79(10,11)12)44-61(66)81-62-46-63-71(47-67(62)84(58-34-28-53(29-35-58)77(4,5)6)69-39-50(38-68(83)73(69)81)48-22-18-16-19-23-48)86-72-41-51(49-24-20-17-21-25-49)40-70-74(72)82(63)64-45-56(80(13,14)15)43-60-59-42-54(78(7,8)9)30-36-65(59)85(70)75(60)64/h16-47H,1-15H3. The van der Waals surface area contributed by atoms with E-state index in [1.54, 1.807) is 0 Å². The van der Waals surface area contributed by atoms with Crippen LogP contribution in [0, 0.1) is 0 Å². The number of ether oxygens (including phenoxy) is 1. The summed E-state index contributed by atoms with van der Waals surface area (Å²) < 4.78 is 10.3. The molecule has 4 aliphatic heterocycles. The maximum Gasteiger partial charge on any atom is 0.256 e. The fourth-order valence-electron chi connectivity index (χ4n) is 14.5. The summed E-state index contributed by atoms with van der Waals surface area (Å²) in [6, 6.07) is 75.2. The summed E-state index contributed by atoms with van der Waals surface area (Å²) in [6.07, 6.45) is 0. The van der Waals surface area contributed by atoms with Gasteiger partial charge < -0.3 is 19.1 Å². The van der Waals surface area contributed by atoms with Gasteiger partial charge in [-0.05, 0) is 183 Å². The van der Waals surface area contributed by atoms with E-state index >= 15 is 0 Å². The molecule has 0 spiro atoms. The largest absolute Gasteiger partial charge is 0.458 e. The third-order valence-corrected chi connectivity index (χ3v) is 19.4. The Morgan fingerprint density at radius 2 is 0.756 bits per heavy atom. The molecule has 0 amide bonds. The highest BCUT2D eigenvalue weighted by atomic mass is 16.5. The molecule has 0 saturated carbocycles. The predicted molar refractivity (Wildman–Crippen MR) is 370 cm³/mol. The molecule has 0 saturated heterocycles. The van der Waals surface area contributed by atoms with Crippen molar-refractivity contribution in [2.24, 2.45) is 0 Å². The average molecular weight is 1120 g/mol. The van der Waals surface area contributed by atoms with Crippen molar-refractivity contribution in [3.05, 3.63) is 222 Å². The summed E-state index contributed by atoms with van der Waals surface area (Å²) in [6.45, 7) is 34.8. The minimum absolute atomic E-state index is 0.00300. The average Bonchev–Trinajstić information content (AvgIpc) is 1.05. The van der Waals surface area contributed by atoms with Crippen molar-refractivity contribution in [1.82, 2.24) is 4.57 Å². The Morgan fingerprint density at radius 3 is 1.31 bits per heavy atom. The SMILES string of the molecule is CC(C)(C)c1ccc(N2c3ccc(C(C)(C)C)cc3B3c4cc5c(cc4N(c4ccc(C(C)(C)C)cc4)c4cc(-c6ccccc6)cc2c43)Oc2cc(-c3ccccc3)cc3c2B5c2cc(C(C)(C)C)cc4c5cc(C(C)(C)C)ccc5n-3c24)cc1. The van der Waals surface area contributed by atoms with E-state index in [4.69, 9.17) is 4.74 Å². The molecular weight excluding hydrogens is 1040 g/mol. The number of aromatic nitrogens is 1. The maximum absolute atomic E-state index is 7.74. The number of hydrogen-bond acceptors (Lipinski definition) is 3. The van der Waals surface area contributed by atoms with E-state index in [2.05, 4.69) is 312 Å². The van der Waals surface area contributed by atoms with Crippen molar-refractivity contribution in [2.45, 2.75) is 131 Å². The molecule has 0 bridgehead atoms. The Kier molecular flexibility index (Phi) is 11.7. The molecule has 0 aliphatic carbocycles. The van der Waals surface area contributed by atoms with Gasteiger partial charge in [0.05, 0.1) is 5.52 Å². The topological polar surface area (TPSA) is 20.6 Å². The number of rotatable bonds is 4. The lowest BCUT2D eigenvalue weighted by Crippen LogP contribution is -2.64. The van der Waals surface area contributed by atoms with Crippen LogP contribution in [0.25, 0.3) is 49.7 Å². The first-order valence-electron chi connectivity index (χ1n) is 31.2. The lowest BCUT2D eigenvalue weighted by atomic mass is 9.30. The van der Waals surface area contributed by atoms with Gasteiger partial charge in [0.15, 0.2) is 0 Å². The molecule has 6 heteroatoms. The van der Waals surface area contributed by atoms with Crippen LogP contribution in [-0.4, -0.2) is 18.0 Å². The van der Waals surface area contributed by atoms with Gasteiger partial charge in [-0.1, -0.05) is 219 Å². The minimum Gasteiger partial charge on any atom is -0.458 e. The third-order valence-electron chi connectivity index (χ3n) is 19.4. The number of benzene rings is 10. The molecule has 15 rings (SSSR count). The van der Waals surface area contributed by atoms with Crippen molar-refractivity contribution in [3.63, 3.8) is 0 Å². The van der Waals surface area contributed by atoms with Crippen LogP contribution >= 0.6 is 0 Å². The zero-order chi connectivity index (χ0) is 59.9. The lowest BCUT2D eigenvalue weighted by Gasteiger charge is -2.45. The molecule has 0 radical (unpaired) electrons. The highest BCUT2D eigenvalue weighted by Crippen LogP contribution is 2.49. The predicted octanol–water partition coefficient (Wildman–Crippen LogP) is 17.6. The summed E-state index contributed by atoms with van der Waals surface area (Å²) in [4.78, 5) is 5.16. The Labute approximate surface area is 510 Å². The molecule has 1 aromatic heterocycles. The quantitative estimate of drug-likeness (QED) is 0.164. The van der Waals surface area contributed by atoms with Crippen LogP contribution in [0.5, 0.6) is 11.5 Å². The summed E-state index contributed by atoms with van der Waals surface area (Å²) in [7, 11) is 0. The van der Waals surface area contributed by atoms with Crippen molar-refractivity contribution >= 4 is 102 Å². The van der Waals surface area contributed by atoms with Crippen LogP contribution in [0.4, 0.5) is 34.1 Å². The van der Waals surface area contributed by atoms with E-state index in [-0.39, 0.29) is 40.5 Å². The molecule has 4 aliphatic rings. The highest BCUT2D eigenvalue weighted by molar-refractivity contribution is 7.02. The Bertz CT molecular complexity index is 4610. The van der Waals surface area contributed by atoms with Crippen LogP contribution in [0.1, 0.15) is 132 Å². The number of anilines is 6. The first kappa shape index (κ1) is 54.2. The van der Waals surface area contributed by atoms with E-state index in [0.717, 1.165) is 39.7 Å². The van der Waals surface area contributed by atoms with Gasteiger partial charge in [0.1, 0.15) is 11.5 Å². The first-order chi connectivity index (χ1) is 40.8.